The number of urea groups is 1. The predicted octanol–water partition coefficient (Wildman–Crippen LogP) is 1.93. The highest BCUT2D eigenvalue weighted by Crippen LogP contribution is 2.20. The minimum Gasteiger partial charge on any atom is -0.460 e. The number of carbonyl (C=O) groups is 2. The molecule has 1 aliphatic heterocycles. The van der Waals surface area contributed by atoms with Gasteiger partial charge >= 0.3 is 12.0 Å². The van der Waals surface area contributed by atoms with E-state index in [1.54, 1.807) is 29.3 Å². The first-order valence-corrected chi connectivity index (χ1v) is 7.24. The van der Waals surface area contributed by atoms with Crippen LogP contribution in [0.2, 0.25) is 0 Å². The number of primary amides is 1. The summed E-state index contributed by atoms with van der Waals surface area (Å²) in [5.74, 6) is -0.407. The minimum absolute atomic E-state index is 0.130. The van der Waals surface area contributed by atoms with Crippen LogP contribution in [0, 0.1) is 0 Å². The number of hydrogen-bond donors (Lipinski definition) is 1. The standard InChI is InChI=1S/C16H17N3O3/c17-16(21)19-9-3-4-11(19)10-22-15(20)13-5-1-7-14-12(13)6-2-8-18-14/h1-2,5-8,11H,3-4,9-10H2,(H2,17,21)/t11-/m1/s1. The van der Waals surface area contributed by atoms with Crippen molar-refractivity contribution in [2.24, 2.45) is 5.73 Å². The largest absolute Gasteiger partial charge is 0.460 e. The molecule has 0 aliphatic carbocycles. The normalized spacial score (nSPS) is 17.6. The summed E-state index contributed by atoms with van der Waals surface area (Å²) in [5, 5.41) is 0.758. The van der Waals surface area contributed by atoms with Crippen LogP contribution in [0.1, 0.15) is 23.2 Å². The second-order valence-electron chi connectivity index (χ2n) is 5.30. The molecule has 1 fully saturated rings. The molecule has 2 heterocycles. The molecular weight excluding hydrogens is 282 g/mol. The topological polar surface area (TPSA) is 85.5 Å². The fourth-order valence-electron chi connectivity index (χ4n) is 2.83. The first kappa shape index (κ1) is 14.3. The summed E-state index contributed by atoms with van der Waals surface area (Å²) in [6.07, 6.45) is 3.36. The number of esters is 1. The highest BCUT2D eigenvalue weighted by Gasteiger charge is 2.28. The Kier molecular flexibility index (Phi) is 3.91. The lowest BCUT2D eigenvalue weighted by Crippen LogP contribution is -2.41. The molecule has 2 amide bonds. The molecular formula is C16H17N3O3. The molecule has 1 aromatic heterocycles. The van der Waals surface area contributed by atoms with Crippen LogP contribution in [0.4, 0.5) is 4.79 Å². The van der Waals surface area contributed by atoms with Gasteiger partial charge in [-0.3, -0.25) is 4.98 Å². The number of amides is 2. The van der Waals surface area contributed by atoms with Crippen molar-refractivity contribution in [1.29, 1.82) is 0 Å². The van der Waals surface area contributed by atoms with Crippen LogP contribution >= 0.6 is 0 Å². The van der Waals surface area contributed by atoms with E-state index in [9.17, 15) is 9.59 Å². The Bertz CT molecular complexity index is 711. The van der Waals surface area contributed by atoms with Crippen LogP contribution in [0.15, 0.2) is 36.5 Å². The van der Waals surface area contributed by atoms with Gasteiger partial charge in [0, 0.05) is 18.1 Å². The molecule has 2 aromatic rings. The van der Waals surface area contributed by atoms with Crippen LogP contribution in [0.3, 0.4) is 0 Å². The number of hydrogen-bond acceptors (Lipinski definition) is 4. The van der Waals surface area contributed by atoms with Gasteiger partial charge in [0.1, 0.15) is 6.61 Å². The number of pyridine rings is 1. The first-order chi connectivity index (χ1) is 10.7. The van der Waals surface area contributed by atoms with Crippen molar-refractivity contribution in [1.82, 2.24) is 9.88 Å². The number of benzene rings is 1. The quantitative estimate of drug-likeness (QED) is 0.878. The molecule has 1 aliphatic rings. The molecule has 0 unspecified atom stereocenters. The fourth-order valence-corrected chi connectivity index (χ4v) is 2.83. The third-order valence-corrected chi connectivity index (χ3v) is 3.93. The molecule has 2 N–H and O–H groups in total. The Balaban J connectivity index is 1.73. The van der Waals surface area contributed by atoms with Crippen molar-refractivity contribution in [3.05, 3.63) is 42.1 Å². The van der Waals surface area contributed by atoms with Crippen LogP contribution < -0.4 is 5.73 Å². The number of carbonyl (C=O) groups excluding carboxylic acids is 2. The average Bonchev–Trinajstić information content (AvgIpc) is 3.01. The van der Waals surface area contributed by atoms with Crippen molar-refractivity contribution in [3.63, 3.8) is 0 Å². The SMILES string of the molecule is NC(=O)N1CCC[C@@H]1COC(=O)c1cccc2ncccc12. The number of fused-ring (bicyclic) bond motifs is 1. The summed E-state index contributed by atoms with van der Waals surface area (Å²) in [4.78, 5) is 29.4. The smallest absolute Gasteiger partial charge is 0.338 e. The lowest BCUT2D eigenvalue weighted by atomic mass is 10.1. The lowest BCUT2D eigenvalue weighted by molar-refractivity contribution is 0.0424. The molecule has 1 aromatic carbocycles. The molecule has 0 radical (unpaired) electrons. The number of aromatic nitrogens is 1. The highest BCUT2D eigenvalue weighted by molar-refractivity contribution is 6.03. The summed E-state index contributed by atoms with van der Waals surface area (Å²) >= 11 is 0. The van der Waals surface area contributed by atoms with Gasteiger partial charge in [0.2, 0.25) is 0 Å². The Morgan fingerprint density at radius 3 is 3.00 bits per heavy atom. The van der Waals surface area contributed by atoms with Gasteiger partial charge in [0.15, 0.2) is 0 Å². The van der Waals surface area contributed by atoms with Gasteiger partial charge in [-0.15, -0.1) is 0 Å². The Morgan fingerprint density at radius 1 is 1.32 bits per heavy atom. The third-order valence-electron chi connectivity index (χ3n) is 3.93. The van der Waals surface area contributed by atoms with E-state index in [1.165, 1.54) is 0 Å². The van der Waals surface area contributed by atoms with Crippen molar-refractivity contribution in [3.8, 4) is 0 Å². The minimum atomic E-state index is -0.465. The zero-order chi connectivity index (χ0) is 15.5. The van der Waals surface area contributed by atoms with Crippen molar-refractivity contribution in [2.45, 2.75) is 18.9 Å². The van der Waals surface area contributed by atoms with E-state index < -0.39 is 12.0 Å². The number of nitrogens with two attached hydrogens (primary N) is 1. The predicted molar refractivity (Wildman–Crippen MR) is 81.3 cm³/mol. The maximum atomic E-state index is 12.3. The Labute approximate surface area is 127 Å². The molecule has 1 saturated heterocycles. The lowest BCUT2D eigenvalue weighted by Gasteiger charge is -2.22. The van der Waals surface area contributed by atoms with E-state index in [4.69, 9.17) is 10.5 Å². The van der Waals surface area contributed by atoms with Crippen molar-refractivity contribution < 1.29 is 14.3 Å². The van der Waals surface area contributed by atoms with E-state index in [2.05, 4.69) is 4.98 Å². The number of likely N-dealkylation sites (tertiary alicyclic amines) is 1. The molecule has 114 valence electrons. The van der Waals surface area contributed by atoms with Crippen molar-refractivity contribution >= 4 is 22.9 Å². The molecule has 3 rings (SSSR count). The summed E-state index contributed by atoms with van der Waals surface area (Å²) in [5.41, 5.74) is 6.55. The maximum Gasteiger partial charge on any atom is 0.338 e. The molecule has 0 bridgehead atoms. The Hall–Kier alpha value is -2.63. The van der Waals surface area contributed by atoms with Crippen LogP contribution in [-0.2, 0) is 4.74 Å². The van der Waals surface area contributed by atoms with Crippen LogP contribution in [-0.4, -0.2) is 41.1 Å². The number of rotatable bonds is 3. The zero-order valence-corrected chi connectivity index (χ0v) is 12.1. The van der Waals surface area contributed by atoms with Gasteiger partial charge in [0.25, 0.3) is 0 Å². The number of ether oxygens (including phenoxy) is 1. The van der Waals surface area contributed by atoms with E-state index in [1.807, 2.05) is 12.1 Å². The summed E-state index contributed by atoms with van der Waals surface area (Å²) < 4.78 is 5.38. The second kappa shape index (κ2) is 6.01. The number of nitrogens with zero attached hydrogens (tertiary/aromatic N) is 2. The van der Waals surface area contributed by atoms with Gasteiger partial charge < -0.3 is 15.4 Å². The van der Waals surface area contributed by atoms with E-state index in [0.717, 1.165) is 23.7 Å². The third kappa shape index (κ3) is 2.72. The fraction of sp³-hybridized carbons (Fsp3) is 0.312. The van der Waals surface area contributed by atoms with Gasteiger partial charge in [0.05, 0.1) is 17.1 Å². The Morgan fingerprint density at radius 2 is 2.18 bits per heavy atom. The first-order valence-electron chi connectivity index (χ1n) is 7.24. The van der Waals surface area contributed by atoms with Crippen molar-refractivity contribution in [2.75, 3.05) is 13.2 Å². The van der Waals surface area contributed by atoms with E-state index >= 15 is 0 Å². The van der Waals surface area contributed by atoms with E-state index in [0.29, 0.717) is 12.1 Å². The monoisotopic (exact) mass is 299 g/mol. The summed E-state index contributed by atoms with van der Waals surface area (Å²) in [7, 11) is 0. The van der Waals surface area contributed by atoms with Gasteiger partial charge in [-0.05, 0) is 31.0 Å². The highest BCUT2D eigenvalue weighted by atomic mass is 16.5. The second-order valence-corrected chi connectivity index (χ2v) is 5.30. The summed E-state index contributed by atoms with van der Waals surface area (Å²) in [6.45, 7) is 0.786. The van der Waals surface area contributed by atoms with E-state index in [-0.39, 0.29) is 12.6 Å². The average molecular weight is 299 g/mol. The molecule has 0 spiro atoms. The van der Waals surface area contributed by atoms with Crippen LogP contribution in [0.5, 0.6) is 0 Å². The molecule has 6 heteroatoms. The molecule has 0 saturated carbocycles. The molecule has 6 nitrogen and oxygen atoms in total. The van der Waals surface area contributed by atoms with Gasteiger partial charge in [-0.25, -0.2) is 9.59 Å². The van der Waals surface area contributed by atoms with Crippen LogP contribution in [0.25, 0.3) is 10.9 Å². The molecule has 1 atom stereocenters. The van der Waals surface area contributed by atoms with Gasteiger partial charge in [-0.1, -0.05) is 12.1 Å². The maximum absolute atomic E-state index is 12.3. The van der Waals surface area contributed by atoms with Gasteiger partial charge in [-0.2, -0.15) is 0 Å². The molecule has 22 heavy (non-hydrogen) atoms. The zero-order valence-electron chi connectivity index (χ0n) is 12.1. The summed E-state index contributed by atoms with van der Waals surface area (Å²) in [6, 6.07) is 8.36.